The standard InChI is InChI=1S/C18H17ClF2N2O5S/c1-11(24)12-3-6-14(7-4-12)29(26,27)23(2)10-17(25)22-13-5-8-16(15(19)9-13)28-18(20)21/h3-9,18H,10H2,1-2H3,(H,22,25). The molecule has 0 aliphatic heterocycles. The Labute approximate surface area is 171 Å². The van der Waals surface area contributed by atoms with Crippen LogP contribution in [0.5, 0.6) is 5.75 Å². The molecule has 0 spiro atoms. The number of halogens is 3. The second kappa shape index (κ2) is 9.29. The van der Waals surface area contributed by atoms with Crippen LogP contribution in [0.4, 0.5) is 14.5 Å². The first kappa shape index (κ1) is 22.7. The smallest absolute Gasteiger partial charge is 0.387 e. The Bertz CT molecular complexity index is 1010. The Kier molecular flexibility index (Phi) is 7.28. The van der Waals surface area contributed by atoms with Gasteiger partial charge in [-0.1, -0.05) is 23.7 Å². The Hall–Kier alpha value is -2.56. The van der Waals surface area contributed by atoms with Crippen LogP contribution in [0.1, 0.15) is 17.3 Å². The lowest BCUT2D eigenvalue weighted by atomic mass is 10.2. The lowest BCUT2D eigenvalue weighted by molar-refractivity contribution is -0.116. The molecule has 0 saturated heterocycles. The Morgan fingerprint density at radius 1 is 1.17 bits per heavy atom. The van der Waals surface area contributed by atoms with Crippen LogP contribution >= 0.6 is 11.6 Å². The third-order valence-corrected chi connectivity index (χ3v) is 5.88. The SMILES string of the molecule is CC(=O)c1ccc(S(=O)(=O)N(C)CC(=O)Nc2ccc(OC(F)F)c(Cl)c2)cc1. The van der Waals surface area contributed by atoms with E-state index in [1.54, 1.807) is 0 Å². The van der Waals surface area contributed by atoms with E-state index in [0.29, 0.717) is 5.56 Å². The van der Waals surface area contributed by atoms with Crippen molar-refractivity contribution in [1.29, 1.82) is 0 Å². The Morgan fingerprint density at radius 3 is 2.31 bits per heavy atom. The van der Waals surface area contributed by atoms with Crippen LogP contribution in [-0.2, 0) is 14.8 Å². The van der Waals surface area contributed by atoms with Crippen LogP contribution < -0.4 is 10.1 Å². The van der Waals surface area contributed by atoms with Crippen LogP contribution in [0.15, 0.2) is 47.4 Å². The summed E-state index contributed by atoms with van der Waals surface area (Å²) in [5, 5.41) is 2.28. The molecule has 2 aromatic carbocycles. The molecular weight excluding hydrogens is 430 g/mol. The highest BCUT2D eigenvalue weighted by molar-refractivity contribution is 7.89. The van der Waals surface area contributed by atoms with E-state index in [-0.39, 0.29) is 27.1 Å². The topological polar surface area (TPSA) is 92.8 Å². The summed E-state index contributed by atoms with van der Waals surface area (Å²) in [6.45, 7) is -2.20. The number of Topliss-reactive ketones (excluding diaryl/α,β-unsaturated/α-hetero) is 1. The molecule has 1 amide bonds. The number of hydrogen-bond acceptors (Lipinski definition) is 5. The molecule has 0 aliphatic carbocycles. The van der Waals surface area contributed by atoms with E-state index in [4.69, 9.17) is 11.6 Å². The minimum atomic E-state index is -3.97. The van der Waals surface area contributed by atoms with Gasteiger partial charge in [0, 0.05) is 18.3 Å². The van der Waals surface area contributed by atoms with Crippen LogP contribution in [0.2, 0.25) is 5.02 Å². The molecule has 7 nitrogen and oxygen atoms in total. The first-order chi connectivity index (χ1) is 13.5. The molecule has 1 N–H and O–H groups in total. The number of nitrogens with zero attached hydrogens (tertiary/aromatic N) is 1. The van der Waals surface area contributed by atoms with Crippen LogP contribution in [0, 0.1) is 0 Å². The third kappa shape index (κ3) is 5.96. The van der Waals surface area contributed by atoms with Crippen molar-refractivity contribution in [3.8, 4) is 5.75 Å². The zero-order valence-corrected chi connectivity index (χ0v) is 16.9. The lowest BCUT2D eigenvalue weighted by Crippen LogP contribution is -2.35. The first-order valence-electron chi connectivity index (χ1n) is 8.12. The zero-order chi connectivity index (χ0) is 21.8. The molecule has 0 aromatic heterocycles. The van der Waals surface area contributed by atoms with Crippen LogP contribution in [0.25, 0.3) is 0 Å². The summed E-state index contributed by atoms with van der Waals surface area (Å²) in [6, 6.07) is 8.97. The molecule has 2 rings (SSSR count). The number of rotatable bonds is 8. The molecule has 0 aliphatic rings. The van der Waals surface area contributed by atoms with Crippen molar-refractivity contribution in [3.63, 3.8) is 0 Å². The van der Waals surface area contributed by atoms with Gasteiger partial charge in [-0.25, -0.2) is 8.42 Å². The largest absolute Gasteiger partial charge is 0.433 e. The molecule has 2 aromatic rings. The lowest BCUT2D eigenvalue weighted by Gasteiger charge is -2.17. The fourth-order valence-electron chi connectivity index (χ4n) is 2.30. The molecule has 11 heteroatoms. The van der Waals surface area contributed by atoms with Gasteiger partial charge in [0.15, 0.2) is 5.78 Å². The van der Waals surface area contributed by atoms with Crippen molar-refractivity contribution in [2.45, 2.75) is 18.4 Å². The van der Waals surface area contributed by atoms with E-state index in [2.05, 4.69) is 10.1 Å². The van der Waals surface area contributed by atoms with E-state index in [0.717, 1.165) is 10.4 Å². The van der Waals surface area contributed by atoms with Gasteiger partial charge in [-0.15, -0.1) is 0 Å². The maximum Gasteiger partial charge on any atom is 0.387 e. The minimum absolute atomic E-state index is 0.0747. The highest BCUT2D eigenvalue weighted by Gasteiger charge is 2.23. The van der Waals surface area contributed by atoms with E-state index >= 15 is 0 Å². The fraction of sp³-hybridized carbons (Fsp3) is 0.222. The number of carbonyl (C=O) groups is 2. The Balaban J connectivity index is 2.06. The molecule has 0 fully saturated rings. The molecule has 0 atom stereocenters. The van der Waals surface area contributed by atoms with Crippen LogP contribution in [-0.4, -0.2) is 44.6 Å². The van der Waals surface area contributed by atoms with Gasteiger partial charge in [-0.3, -0.25) is 9.59 Å². The van der Waals surface area contributed by atoms with Crippen molar-refractivity contribution in [3.05, 3.63) is 53.1 Å². The van der Waals surface area contributed by atoms with Crippen molar-refractivity contribution in [2.24, 2.45) is 0 Å². The van der Waals surface area contributed by atoms with Gasteiger partial charge in [0.2, 0.25) is 15.9 Å². The average Bonchev–Trinajstić information content (AvgIpc) is 2.63. The molecule has 29 heavy (non-hydrogen) atoms. The van der Waals surface area contributed by atoms with Crippen molar-refractivity contribution in [2.75, 3.05) is 18.9 Å². The van der Waals surface area contributed by atoms with E-state index in [1.807, 2.05) is 0 Å². The number of amides is 1. The maximum absolute atomic E-state index is 12.6. The first-order valence-corrected chi connectivity index (χ1v) is 9.94. The minimum Gasteiger partial charge on any atom is -0.433 e. The third-order valence-electron chi connectivity index (χ3n) is 3.77. The number of ether oxygens (including phenoxy) is 1. The normalized spacial score (nSPS) is 11.6. The summed E-state index contributed by atoms with van der Waals surface area (Å²) < 4.78 is 54.6. The number of carbonyl (C=O) groups excluding carboxylic acids is 2. The molecule has 0 radical (unpaired) electrons. The number of ketones is 1. The summed E-state index contributed by atoms with van der Waals surface area (Å²) in [4.78, 5) is 23.4. The Morgan fingerprint density at radius 2 is 1.79 bits per heavy atom. The number of alkyl halides is 2. The summed E-state index contributed by atoms with van der Waals surface area (Å²) in [7, 11) is -2.74. The second-order valence-corrected chi connectivity index (χ2v) is 8.37. The molecule has 156 valence electrons. The zero-order valence-electron chi connectivity index (χ0n) is 15.4. The van der Waals surface area contributed by atoms with E-state index < -0.39 is 29.1 Å². The van der Waals surface area contributed by atoms with Gasteiger partial charge in [0.1, 0.15) is 5.75 Å². The molecule has 0 bridgehead atoms. The molecule has 0 saturated carbocycles. The van der Waals surface area contributed by atoms with Gasteiger partial charge in [-0.05, 0) is 37.3 Å². The molecule has 0 heterocycles. The summed E-state index contributed by atoms with van der Waals surface area (Å²) >= 11 is 5.81. The van der Waals surface area contributed by atoms with Crippen molar-refractivity contribution < 1.29 is 31.5 Å². The second-order valence-electron chi connectivity index (χ2n) is 5.91. The number of sulfonamides is 1. The van der Waals surface area contributed by atoms with Gasteiger partial charge in [-0.2, -0.15) is 13.1 Å². The van der Waals surface area contributed by atoms with E-state index in [9.17, 15) is 26.8 Å². The quantitative estimate of drug-likeness (QED) is 0.627. The average molecular weight is 447 g/mol. The highest BCUT2D eigenvalue weighted by Crippen LogP contribution is 2.29. The number of benzene rings is 2. The number of anilines is 1. The van der Waals surface area contributed by atoms with Crippen LogP contribution in [0.3, 0.4) is 0 Å². The van der Waals surface area contributed by atoms with Gasteiger partial charge < -0.3 is 10.1 Å². The number of likely N-dealkylation sites (N-methyl/N-ethyl adjacent to an activating group) is 1. The maximum atomic E-state index is 12.6. The predicted octanol–water partition coefficient (Wildman–Crippen LogP) is 3.40. The van der Waals surface area contributed by atoms with Crippen molar-refractivity contribution >= 4 is 39.0 Å². The fourth-order valence-corrected chi connectivity index (χ4v) is 3.65. The molecular formula is C18H17ClF2N2O5S. The monoisotopic (exact) mass is 446 g/mol. The summed E-state index contributed by atoms with van der Waals surface area (Å²) in [5.41, 5.74) is 0.540. The van der Waals surface area contributed by atoms with Gasteiger partial charge in [0.05, 0.1) is 16.5 Å². The van der Waals surface area contributed by atoms with E-state index in [1.165, 1.54) is 50.4 Å². The van der Waals surface area contributed by atoms with Crippen molar-refractivity contribution in [1.82, 2.24) is 4.31 Å². The van der Waals surface area contributed by atoms with Gasteiger partial charge >= 0.3 is 6.61 Å². The predicted molar refractivity (Wildman–Crippen MR) is 103 cm³/mol. The number of nitrogens with one attached hydrogen (secondary N) is 1. The highest BCUT2D eigenvalue weighted by atomic mass is 35.5. The molecule has 0 unspecified atom stereocenters. The summed E-state index contributed by atoms with van der Waals surface area (Å²) in [6.07, 6.45) is 0. The van der Waals surface area contributed by atoms with Gasteiger partial charge in [0.25, 0.3) is 0 Å². The number of hydrogen-bond donors (Lipinski definition) is 1. The summed E-state index contributed by atoms with van der Waals surface area (Å²) in [5.74, 6) is -1.13.